The maximum Gasteiger partial charge on any atom is 0.150 e. The molecule has 0 aliphatic carbocycles. The lowest BCUT2D eigenvalue weighted by molar-refractivity contribution is 0.112. The molecule has 1 unspecified atom stereocenters. The molecular weight excluding hydrogens is 212 g/mol. The normalized spacial score (nSPS) is 10.9. The Labute approximate surface area is 102 Å². The lowest BCUT2D eigenvalue weighted by atomic mass is 10.1. The first-order valence-corrected chi connectivity index (χ1v) is 5.47. The van der Waals surface area contributed by atoms with Gasteiger partial charge in [-0.2, -0.15) is 0 Å². The number of carbonyl (C=O) groups excluding carboxylic acids is 1. The van der Waals surface area contributed by atoms with Crippen LogP contribution in [0.15, 0.2) is 60.7 Å². The van der Waals surface area contributed by atoms with Gasteiger partial charge in [-0.3, -0.25) is 4.79 Å². The van der Waals surface area contributed by atoms with Crippen LogP contribution in [0, 0.1) is 0 Å². The van der Waals surface area contributed by atoms with Crippen molar-refractivity contribution in [3.63, 3.8) is 0 Å². The number of aldehydes is 1. The minimum absolute atomic E-state index is 0.341. The van der Waals surface area contributed by atoms with Gasteiger partial charge in [0.05, 0.1) is 6.10 Å². The molecule has 0 bridgehead atoms. The molecule has 2 heteroatoms. The Kier molecular flexibility index (Phi) is 5.69. The van der Waals surface area contributed by atoms with Gasteiger partial charge in [0.2, 0.25) is 0 Å². The van der Waals surface area contributed by atoms with E-state index in [1.54, 1.807) is 19.1 Å². The van der Waals surface area contributed by atoms with Gasteiger partial charge in [0, 0.05) is 5.56 Å². The minimum atomic E-state index is -0.341. The molecule has 0 heterocycles. The van der Waals surface area contributed by atoms with E-state index in [0.29, 0.717) is 0 Å². The summed E-state index contributed by atoms with van der Waals surface area (Å²) in [6, 6.07) is 18.7. The second kappa shape index (κ2) is 7.36. The molecule has 0 saturated carbocycles. The zero-order valence-corrected chi connectivity index (χ0v) is 9.78. The van der Waals surface area contributed by atoms with Crippen LogP contribution in [0.1, 0.15) is 28.9 Å². The van der Waals surface area contributed by atoms with Crippen LogP contribution in [0.5, 0.6) is 0 Å². The number of aliphatic hydroxyl groups excluding tert-OH is 1. The number of rotatable bonds is 2. The summed E-state index contributed by atoms with van der Waals surface area (Å²) >= 11 is 0. The third-order valence-electron chi connectivity index (χ3n) is 2.22. The summed E-state index contributed by atoms with van der Waals surface area (Å²) in [6.45, 7) is 1.76. The smallest absolute Gasteiger partial charge is 0.150 e. The van der Waals surface area contributed by atoms with Crippen molar-refractivity contribution in [1.82, 2.24) is 0 Å². The van der Waals surface area contributed by atoms with E-state index in [1.807, 2.05) is 48.5 Å². The zero-order chi connectivity index (χ0) is 12.5. The van der Waals surface area contributed by atoms with Crippen LogP contribution in [0.4, 0.5) is 0 Å². The molecule has 1 atom stereocenters. The van der Waals surface area contributed by atoms with Crippen molar-refractivity contribution in [2.75, 3.05) is 0 Å². The Morgan fingerprint density at radius 2 is 1.41 bits per heavy atom. The number of carbonyl (C=O) groups is 1. The van der Waals surface area contributed by atoms with Gasteiger partial charge >= 0.3 is 0 Å². The number of aliphatic hydroxyl groups is 1. The monoisotopic (exact) mass is 228 g/mol. The van der Waals surface area contributed by atoms with Gasteiger partial charge in [0.15, 0.2) is 0 Å². The Balaban J connectivity index is 0.000000171. The van der Waals surface area contributed by atoms with Crippen LogP contribution in [0.2, 0.25) is 0 Å². The van der Waals surface area contributed by atoms with E-state index in [-0.39, 0.29) is 6.10 Å². The molecule has 0 saturated heterocycles. The first-order valence-electron chi connectivity index (χ1n) is 5.47. The Bertz CT molecular complexity index is 421. The Morgan fingerprint density at radius 1 is 0.941 bits per heavy atom. The summed E-state index contributed by atoms with van der Waals surface area (Å²) in [7, 11) is 0. The molecule has 0 amide bonds. The van der Waals surface area contributed by atoms with E-state index in [1.165, 1.54) is 0 Å². The van der Waals surface area contributed by atoms with Crippen molar-refractivity contribution in [2.24, 2.45) is 0 Å². The van der Waals surface area contributed by atoms with E-state index in [9.17, 15) is 4.79 Å². The summed E-state index contributed by atoms with van der Waals surface area (Å²) in [5.41, 5.74) is 1.70. The summed E-state index contributed by atoms with van der Waals surface area (Å²) < 4.78 is 0. The van der Waals surface area contributed by atoms with E-state index >= 15 is 0 Å². The van der Waals surface area contributed by atoms with Gasteiger partial charge in [0.1, 0.15) is 6.29 Å². The molecule has 0 aliphatic heterocycles. The lowest BCUT2D eigenvalue weighted by Crippen LogP contribution is -1.87. The van der Waals surface area contributed by atoms with Gasteiger partial charge in [0.25, 0.3) is 0 Å². The fourth-order valence-corrected chi connectivity index (χ4v) is 1.26. The molecule has 0 aliphatic rings. The summed E-state index contributed by atoms with van der Waals surface area (Å²) in [4.78, 5) is 10.0. The highest BCUT2D eigenvalue weighted by molar-refractivity contribution is 5.74. The van der Waals surface area contributed by atoms with Crippen molar-refractivity contribution >= 4 is 6.29 Å². The minimum Gasteiger partial charge on any atom is -0.389 e. The largest absolute Gasteiger partial charge is 0.389 e. The predicted octanol–water partition coefficient (Wildman–Crippen LogP) is 3.24. The van der Waals surface area contributed by atoms with E-state index in [0.717, 1.165) is 17.4 Å². The first-order chi connectivity index (χ1) is 8.24. The number of hydrogen-bond donors (Lipinski definition) is 1. The van der Waals surface area contributed by atoms with Crippen molar-refractivity contribution < 1.29 is 9.90 Å². The molecule has 0 fully saturated rings. The molecule has 0 aromatic heterocycles. The molecule has 2 nitrogen and oxygen atoms in total. The SMILES string of the molecule is CC(O)c1ccccc1.O=Cc1ccccc1. The maximum atomic E-state index is 10.0. The van der Waals surface area contributed by atoms with Crippen LogP contribution in [-0.4, -0.2) is 11.4 Å². The van der Waals surface area contributed by atoms with Gasteiger partial charge in [-0.15, -0.1) is 0 Å². The quantitative estimate of drug-likeness (QED) is 0.801. The van der Waals surface area contributed by atoms with Crippen LogP contribution < -0.4 is 0 Å². The maximum absolute atomic E-state index is 10.0. The van der Waals surface area contributed by atoms with Crippen LogP contribution in [0.3, 0.4) is 0 Å². The number of hydrogen-bond acceptors (Lipinski definition) is 2. The second-order valence-corrected chi connectivity index (χ2v) is 3.62. The van der Waals surface area contributed by atoms with Crippen LogP contribution in [-0.2, 0) is 0 Å². The van der Waals surface area contributed by atoms with Crippen molar-refractivity contribution in [3.05, 3.63) is 71.8 Å². The molecule has 0 spiro atoms. The van der Waals surface area contributed by atoms with Crippen molar-refractivity contribution in [2.45, 2.75) is 13.0 Å². The Hall–Kier alpha value is -1.93. The molecule has 2 aromatic rings. The third-order valence-corrected chi connectivity index (χ3v) is 2.22. The van der Waals surface area contributed by atoms with Gasteiger partial charge < -0.3 is 5.11 Å². The predicted molar refractivity (Wildman–Crippen MR) is 68.9 cm³/mol. The topological polar surface area (TPSA) is 37.3 Å². The number of benzene rings is 2. The van der Waals surface area contributed by atoms with Gasteiger partial charge in [-0.05, 0) is 12.5 Å². The molecular formula is C15H16O2. The summed E-state index contributed by atoms with van der Waals surface area (Å²) in [5.74, 6) is 0. The van der Waals surface area contributed by atoms with Crippen LogP contribution in [0.25, 0.3) is 0 Å². The van der Waals surface area contributed by atoms with E-state index in [2.05, 4.69) is 0 Å². The van der Waals surface area contributed by atoms with Crippen LogP contribution >= 0.6 is 0 Å². The average molecular weight is 228 g/mol. The molecule has 2 rings (SSSR count). The second-order valence-electron chi connectivity index (χ2n) is 3.62. The van der Waals surface area contributed by atoms with Crippen molar-refractivity contribution in [3.8, 4) is 0 Å². The van der Waals surface area contributed by atoms with Gasteiger partial charge in [-0.1, -0.05) is 60.7 Å². The molecule has 1 N–H and O–H groups in total. The van der Waals surface area contributed by atoms with Gasteiger partial charge in [-0.25, -0.2) is 0 Å². The first kappa shape index (κ1) is 13.1. The molecule has 88 valence electrons. The highest BCUT2D eigenvalue weighted by atomic mass is 16.3. The Morgan fingerprint density at radius 3 is 1.71 bits per heavy atom. The summed E-state index contributed by atoms with van der Waals surface area (Å²) in [5, 5.41) is 9.02. The average Bonchev–Trinajstić information content (AvgIpc) is 2.41. The summed E-state index contributed by atoms with van der Waals surface area (Å²) in [6.07, 6.45) is 0.492. The fraction of sp³-hybridized carbons (Fsp3) is 0.133. The highest BCUT2D eigenvalue weighted by Crippen LogP contribution is 2.09. The zero-order valence-electron chi connectivity index (χ0n) is 9.78. The van der Waals surface area contributed by atoms with E-state index in [4.69, 9.17) is 5.11 Å². The highest BCUT2D eigenvalue weighted by Gasteiger charge is 1.95. The molecule has 0 radical (unpaired) electrons. The van der Waals surface area contributed by atoms with Crippen molar-refractivity contribution in [1.29, 1.82) is 0 Å². The third kappa shape index (κ3) is 5.09. The standard InChI is InChI=1S/C8H10O.C7H6O/c1-7(9)8-5-3-2-4-6-8;8-6-7-4-2-1-3-5-7/h2-7,9H,1H3;1-6H. The fourth-order valence-electron chi connectivity index (χ4n) is 1.26. The molecule has 2 aromatic carbocycles. The van der Waals surface area contributed by atoms with E-state index < -0.39 is 0 Å². The lowest BCUT2D eigenvalue weighted by Gasteiger charge is -2.00. The molecule has 17 heavy (non-hydrogen) atoms.